The summed E-state index contributed by atoms with van der Waals surface area (Å²) in [5.74, 6) is 3.70. The van der Waals surface area contributed by atoms with Crippen LogP contribution in [0.2, 0.25) is 0 Å². The fourth-order valence-electron chi connectivity index (χ4n) is 8.08. The van der Waals surface area contributed by atoms with Crippen molar-refractivity contribution in [1.29, 1.82) is 0 Å². The van der Waals surface area contributed by atoms with E-state index in [1.54, 1.807) is 37.2 Å². The fourth-order valence-corrected chi connectivity index (χ4v) is 8.08. The van der Waals surface area contributed by atoms with Crippen LogP contribution in [0, 0.1) is 0 Å². The highest BCUT2D eigenvalue weighted by atomic mass is 16.5. The molecule has 9 aromatic rings. The zero-order chi connectivity index (χ0) is 46.5. The molecule has 0 aliphatic heterocycles. The molecule has 0 radical (unpaired) electrons. The summed E-state index contributed by atoms with van der Waals surface area (Å²) in [6.07, 6.45) is 23.1. The monoisotopic (exact) mass is 912 g/mol. The SMILES string of the molecule is c1cncc(COc2cc3c(cc2OCc2cccnc2)Cc2cc(OCc4cccnc4)c(OCc4cccnc4)cc2Cc2cc(OCc4cccnc4)c(OCc4cccnc4)cc2C3)c1. The lowest BCUT2D eigenvalue weighted by Gasteiger charge is -2.20. The molecule has 0 fully saturated rings. The van der Waals surface area contributed by atoms with Crippen LogP contribution in [0.1, 0.15) is 66.8 Å². The fraction of sp³-hybridized carbons (Fsp3) is 0.158. The van der Waals surface area contributed by atoms with E-state index in [0.717, 1.165) is 66.8 Å². The van der Waals surface area contributed by atoms with Gasteiger partial charge in [0.1, 0.15) is 39.6 Å². The maximum atomic E-state index is 6.63. The van der Waals surface area contributed by atoms with Gasteiger partial charge in [0.15, 0.2) is 34.5 Å². The summed E-state index contributed by atoms with van der Waals surface area (Å²) in [5, 5.41) is 0. The van der Waals surface area contributed by atoms with Crippen molar-refractivity contribution in [1.82, 2.24) is 29.9 Å². The van der Waals surface area contributed by atoms with E-state index in [0.29, 0.717) is 93.4 Å². The molecule has 0 amide bonds. The zero-order valence-electron chi connectivity index (χ0n) is 37.8. The molecular formula is C57H48N6O6. The Morgan fingerprint density at radius 2 is 0.435 bits per heavy atom. The summed E-state index contributed by atoms with van der Waals surface area (Å²) in [6, 6.07) is 36.1. The third kappa shape index (κ3) is 11.7. The number of nitrogens with zero attached hydrogens (tertiary/aromatic N) is 6. The molecule has 10 rings (SSSR count). The van der Waals surface area contributed by atoms with Crippen molar-refractivity contribution < 1.29 is 28.4 Å². The molecule has 6 heterocycles. The van der Waals surface area contributed by atoms with Gasteiger partial charge in [-0.2, -0.15) is 0 Å². The molecule has 1 aliphatic rings. The molecule has 3 aromatic carbocycles. The Kier molecular flexibility index (Phi) is 14.0. The minimum absolute atomic E-state index is 0.304. The van der Waals surface area contributed by atoms with E-state index in [2.05, 4.69) is 66.3 Å². The lowest BCUT2D eigenvalue weighted by molar-refractivity contribution is 0.255. The first-order valence-electron chi connectivity index (χ1n) is 22.7. The van der Waals surface area contributed by atoms with Crippen molar-refractivity contribution >= 4 is 0 Å². The van der Waals surface area contributed by atoms with Crippen LogP contribution >= 0.6 is 0 Å². The Bertz CT molecular complexity index is 2540. The third-order valence-corrected chi connectivity index (χ3v) is 11.6. The van der Waals surface area contributed by atoms with Crippen LogP contribution < -0.4 is 28.4 Å². The van der Waals surface area contributed by atoms with Crippen molar-refractivity contribution in [2.24, 2.45) is 0 Å². The van der Waals surface area contributed by atoms with Crippen molar-refractivity contribution in [3.8, 4) is 34.5 Å². The van der Waals surface area contributed by atoms with E-state index < -0.39 is 0 Å². The van der Waals surface area contributed by atoms with Gasteiger partial charge in [0.2, 0.25) is 0 Å². The number of rotatable bonds is 18. The molecule has 12 nitrogen and oxygen atoms in total. The van der Waals surface area contributed by atoms with Crippen LogP contribution in [-0.4, -0.2) is 29.9 Å². The number of benzene rings is 3. The quantitative estimate of drug-likeness (QED) is 0.0811. The summed E-state index contributed by atoms with van der Waals surface area (Å²) in [7, 11) is 0. The molecule has 0 atom stereocenters. The van der Waals surface area contributed by atoms with Crippen molar-refractivity contribution in [3.63, 3.8) is 0 Å². The molecule has 0 N–H and O–H groups in total. The van der Waals surface area contributed by atoms with Gasteiger partial charge < -0.3 is 28.4 Å². The number of fused-ring (bicyclic) bond motifs is 3. The Hall–Kier alpha value is -8.64. The summed E-state index contributed by atoms with van der Waals surface area (Å²) in [6.45, 7) is 1.83. The van der Waals surface area contributed by atoms with Gasteiger partial charge in [0.05, 0.1) is 0 Å². The predicted molar refractivity (Wildman–Crippen MR) is 259 cm³/mol. The average molecular weight is 913 g/mol. The molecule has 0 saturated carbocycles. The van der Waals surface area contributed by atoms with Crippen LogP contribution in [-0.2, 0) is 58.9 Å². The van der Waals surface area contributed by atoms with Crippen LogP contribution in [0.5, 0.6) is 34.5 Å². The minimum Gasteiger partial charge on any atom is -0.485 e. The third-order valence-electron chi connectivity index (χ3n) is 11.6. The Balaban J connectivity index is 1.10. The normalized spacial score (nSPS) is 11.7. The van der Waals surface area contributed by atoms with Gasteiger partial charge in [-0.05, 0) is 125 Å². The van der Waals surface area contributed by atoms with E-state index in [9.17, 15) is 0 Å². The van der Waals surface area contributed by atoms with Crippen LogP contribution in [0.4, 0.5) is 0 Å². The summed E-state index contributed by atoms with van der Waals surface area (Å²) < 4.78 is 39.8. The van der Waals surface area contributed by atoms with E-state index in [-0.39, 0.29) is 0 Å². The first-order chi connectivity index (χ1) is 34.1. The molecule has 0 unspecified atom stereocenters. The van der Waals surface area contributed by atoms with Crippen LogP contribution in [0.3, 0.4) is 0 Å². The first-order valence-corrected chi connectivity index (χ1v) is 22.7. The number of hydrogen-bond acceptors (Lipinski definition) is 12. The second kappa shape index (κ2) is 21.8. The van der Waals surface area contributed by atoms with E-state index >= 15 is 0 Å². The molecule has 342 valence electrons. The van der Waals surface area contributed by atoms with Crippen LogP contribution in [0.25, 0.3) is 0 Å². The standard InChI is InChI=1S/C57H48N6O6/c1-7-40(28-58-13-1)34-64-52-22-46-19-48-24-54(66-36-42-9-3-15-60-30-42)56(68-38-44-11-5-17-62-32-44)26-50(48)21-51-27-57(69-39-45-12-6-18-63-33-45)55(67-37-43-10-4-16-61-31-43)25-49(51)20-47(46)23-53(52)65-35-41-8-2-14-59-29-41/h1-18,22-33H,19-21,34-39H2. The molecule has 69 heavy (non-hydrogen) atoms. The molecule has 12 heteroatoms. The highest BCUT2D eigenvalue weighted by molar-refractivity contribution is 5.58. The van der Waals surface area contributed by atoms with Gasteiger partial charge in [-0.3, -0.25) is 29.9 Å². The topological polar surface area (TPSA) is 133 Å². The smallest absolute Gasteiger partial charge is 0.162 e. The van der Waals surface area contributed by atoms with Gasteiger partial charge in [-0.1, -0.05) is 36.4 Å². The molecule has 0 saturated heterocycles. The van der Waals surface area contributed by atoms with Gasteiger partial charge >= 0.3 is 0 Å². The van der Waals surface area contributed by atoms with E-state index in [1.807, 2.05) is 110 Å². The molecular weight excluding hydrogens is 865 g/mol. The summed E-state index contributed by atoms with van der Waals surface area (Å²) in [4.78, 5) is 25.9. The average Bonchev–Trinajstić information content (AvgIpc) is 3.46. The van der Waals surface area contributed by atoms with Gasteiger partial charge in [0, 0.05) is 108 Å². The first kappa shape index (κ1) is 44.2. The number of aromatic nitrogens is 6. The largest absolute Gasteiger partial charge is 0.485 e. The second-order valence-electron chi connectivity index (χ2n) is 16.6. The van der Waals surface area contributed by atoms with Crippen molar-refractivity contribution in [2.45, 2.75) is 58.9 Å². The second-order valence-corrected chi connectivity index (χ2v) is 16.6. The number of pyridine rings is 6. The highest BCUT2D eigenvalue weighted by Gasteiger charge is 2.24. The van der Waals surface area contributed by atoms with Gasteiger partial charge in [-0.15, -0.1) is 0 Å². The molecule has 6 aromatic heterocycles. The van der Waals surface area contributed by atoms with Crippen molar-refractivity contribution in [2.75, 3.05) is 0 Å². The predicted octanol–water partition coefficient (Wildman–Crippen LogP) is 10.6. The Morgan fingerprint density at radius 1 is 0.261 bits per heavy atom. The Labute approximate surface area is 400 Å². The van der Waals surface area contributed by atoms with Gasteiger partial charge in [-0.25, -0.2) is 0 Å². The molecule has 0 spiro atoms. The maximum absolute atomic E-state index is 6.63. The van der Waals surface area contributed by atoms with Crippen molar-refractivity contribution in [3.05, 3.63) is 250 Å². The zero-order valence-corrected chi connectivity index (χ0v) is 37.8. The highest BCUT2D eigenvalue weighted by Crippen LogP contribution is 2.42. The number of hydrogen-bond donors (Lipinski definition) is 0. The van der Waals surface area contributed by atoms with Gasteiger partial charge in [0.25, 0.3) is 0 Å². The molecule has 1 aliphatic carbocycles. The maximum Gasteiger partial charge on any atom is 0.162 e. The minimum atomic E-state index is 0.304. The van der Waals surface area contributed by atoms with Crippen LogP contribution in [0.15, 0.2) is 184 Å². The summed E-state index contributed by atoms with van der Waals surface area (Å²) in [5.41, 5.74) is 12.0. The molecule has 0 bridgehead atoms. The van der Waals surface area contributed by atoms with E-state index in [1.165, 1.54) is 0 Å². The van der Waals surface area contributed by atoms with E-state index in [4.69, 9.17) is 28.4 Å². The lowest BCUT2D eigenvalue weighted by atomic mass is 9.94. The Morgan fingerprint density at radius 3 is 0.580 bits per heavy atom. The lowest BCUT2D eigenvalue weighted by Crippen LogP contribution is -2.06. The summed E-state index contributed by atoms with van der Waals surface area (Å²) >= 11 is 0. The number of ether oxygens (including phenoxy) is 6.